The third-order valence-corrected chi connectivity index (χ3v) is 5.15. The van der Waals surface area contributed by atoms with Gasteiger partial charge in [-0.05, 0) is 49.2 Å². The molecule has 1 N–H and O–H groups in total. The number of halogens is 3. The molecule has 1 fully saturated rings. The lowest BCUT2D eigenvalue weighted by atomic mass is 10.1. The van der Waals surface area contributed by atoms with Gasteiger partial charge in [-0.15, -0.1) is 0 Å². The Labute approximate surface area is 176 Å². The van der Waals surface area contributed by atoms with Crippen molar-refractivity contribution in [3.8, 4) is 0 Å². The van der Waals surface area contributed by atoms with E-state index in [4.69, 9.17) is 32.4 Å². The van der Waals surface area contributed by atoms with Gasteiger partial charge in [0.1, 0.15) is 17.0 Å². The Kier molecular flexibility index (Phi) is 5.85. The topological polar surface area (TPSA) is 63.8 Å². The molecule has 0 radical (unpaired) electrons. The van der Waals surface area contributed by atoms with Crippen LogP contribution in [0.15, 0.2) is 51.9 Å². The maximum absolute atomic E-state index is 13.6. The van der Waals surface area contributed by atoms with E-state index in [9.17, 15) is 9.18 Å². The third kappa shape index (κ3) is 4.61. The van der Waals surface area contributed by atoms with E-state index in [1.807, 2.05) is 0 Å². The molecule has 1 amide bonds. The molecule has 0 unspecified atom stereocenters. The van der Waals surface area contributed by atoms with E-state index in [1.54, 1.807) is 24.3 Å². The zero-order chi connectivity index (χ0) is 20.4. The number of carbonyl (C=O) groups is 1. The van der Waals surface area contributed by atoms with Gasteiger partial charge in [-0.1, -0.05) is 23.2 Å². The molecule has 2 aromatic carbocycles. The highest BCUT2D eigenvalue weighted by Gasteiger charge is 2.19. The summed E-state index contributed by atoms with van der Waals surface area (Å²) < 4.78 is 25.0. The number of ether oxygens (including phenoxy) is 1. The SMILES string of the molecule is O=C(NC[C@H]1CCCO1)c1cc2cc(Cl)ccc2oc1=Nc1cc(F)ccc1Cl. The minimum absolute atomic E-state index is 0.0103. The second-order valence-corrected chi connectivity index (χ2v) is 7.54. The van der Waals surface area contributed by atoms with Crippen LogP contribution in [0.5, 0.6) is 0 Å². The van der Waals surface area contributed by atoms with Crippen molar-refractivity contribution >= 4 is 45.8 Å². The summed E-state index contributed by atoms with van der Waals surface area (Å²) in [5, 5.41) is 4.24. The lowest BCUT2D eigenvalue weighted by molar-refractivity contribution is 0.0854. The predicted octanol–water partition coefficient (Wildman–Crippen LogP) is 5.02. The number of amides is 1. The van der Waals surface area contributed by atoms with E-state index in [1.165, 1.54) is 18.2 Å². The van der Waals surface area contributed by atoms with Crippen molar-refractivity contribution in [2.45, 2.75) is 18.9 Å². The van der Waals surface area contributed by atoms with E-state index >= 15 is 0 Å². The van der Waals surface area contributed by atoms with E-state index in [0.29, 0.717) is 29.1 Å². The number of carbonyl (C=O) groups excluding carboxylic acids is 1. The zero-order valence-corrected chi connectivity index (χ0v) is 16.8. The molecule has 1 saturated heterocycles. The van der Waals surface area contributed by atoms with E-state index < -0.39 is 5.82 Å². The summed E-state index contributed by atoms with van der Waals surface area (Å²) in [7, 11) is 0. The number of fused-ring (bicyclic) bond motifs is 1. The van der Waals surface area contributed by atoms with Crippen molar-refractivity contribution in [2.75, 3.05) is 13.2 Å². The fraction of sp³-hybridized carbons (Fsp3) is 0.238. The Hall–Kier alpha value is -2.41. The minimum Gasteiger partial charge on any atom is -0.438 e. The van der Waals surface area contributed by atoms with Gasteiger partial charge in [0.2, 0.25) is 5.55 Å². The highest BCUT2D eigenvalue weighted by molar-refractivity contribution is 6.33. The van der Waals surface area contributed by atoms with Crippen LogP contribution in [0.25, 0.3) is 11.0 Å². The molecule has 0 saturated carbocycles. The van der Waals surface area contributed by atoms with Gasteiger partial charge in [0, 0.05) is 29.6 Å². The Bertz CT molecular complexity index is 1140. The average molecular weight is 435 g/mol. The van der Waals surface area contributed by atoms with Gasteiger partial charge in [0.15, 0.2) is 0 Å². The van der Waals surface area contributed by atoms with Crippen LogP contribution in [-0.2, 0) is 4.74 Å². The second kappa shape index (κ2) is 8.53. The summed E-state index contributed by atoms with van der Waals surface area (Å²) in [4.78, 5) is 17.2. The zero-order valence-electron chi connectivity index (χ0n) is 15.3. The normalized spacial score (nSPS) is 17.1. The molecule has 2 heterocycles. The van der Waals surface area contributed by atoms with Crippen LogP contribution in [0.3, 0.4) is 0 Å². The lowest BCUT2D eigenvalue weighted by Crippen LogP contribution is -2.34. The summed E-state index contributed by atoms with van der Waals surface area (Å²) in [5.41, 5.74) is 0.864. The first-order chi connectivity index (χ1) is 14.0. The van der Waals surface area contributed by atoms with Gasteiger partial charge in [-0.25, -0.2) is 9.38 Å². The number of rotatable bonds is 4. The van der Waals surface area contributed by atoms with Gasteiger partial charge in [0.25, 0.3) is 5.91 Å². The molecule has 1 atom stereocenters. The standard InChI is InChI=1S/C21H17Cl2FN2O3/c22-13-3-6-19-12(8-13)9-16(20(27)25-11-15-2-1-7-28-15)21(29-19)26-18-10-14(24)4-5-17(18)23/h3-6,8-10,15H,1-2,7,11H2,(H,25,27)/t15-/m1/s1. The van der Waals surface area contributed by atoms with Crippen LogP contribution in [0.4, 0.5) is 10.1 Å². The molecular weight excluding hydrogens is 418 g/mol. The summed E-state index contributed by atoms with van der Waals surface area (Å²) >= 11 is 12.2. The fourth-order valence-electron chi connectivity index (χ4n) is 3.14. The van der Waals surface area contributed by atoms with Gasteiger partial charge in [-0.2, -0.15) is 0 Å². The molecule has 1 aromatic heterocycles. The molecule has 8 heteroatoms. The van der Waals surface area contributed by atoms with Gasteiger partial charge in [0.05, 0.1) is 16.8 Å². The summed E-state index contributed by atoms with van der Waals surface area (Å²) in [6.07, 6.45) is 1.86. The molecular formula is C21H17Cl2FN2O3. The first-order valence-corrected chi connectivity index (χ1v) is 9.88. The molecule has 150 valence electrons. The van der Waals surface area contributed by atoms with Crippen molar-refractivity contribution in [2.24, 2.45) is 4.99 Å². The molecule has 0 aliphatic carbocycles. The molecule has 1 aliphatic heterocycles. The molecule has 29 heavy (non-hydrogen) atoms. The number of nitrogens with one attached hydrogen (secondary N) is 1. The molecule has 3 aromatic rings. The van der Waals surface area contributed by atoms with Crippen LogP contribution in [-0.4, -0.2) is 25.2 Å². The van der Waals surface area contributed by atoms with Gasteiger partial charge in [-0.3, -0.25) is 4.79 Å². The maximum Gasteiger partial charge on any atom is 0.256 e. The number of benzene rings is 2. The van der Waals surface area contributed by atoms with Crippen molar-refractivity contribution in [1.82, 2.24) is 5.32 Å². The van der Waals surface area contributed by atoms with Crippen LogP contribution < -0.4 is 10.9 Å². The molecule has 1 aliphatic rings. The Morgan fingerprint density at radius 2 is 2.07 bits per heavy atom. The van der Waals surface area contributed by atoms with Crippen LogP contribution in [0.2, 0.25) is 10.0 Å². The number of nitrogens with zero attached hydrogens (tertiary/aromatic N) is 1. The van der Waals surface area contributed by atoms with Crippen LogP contribution >= 0.6 is 23.2 Å². The van der Waals surface area contributed by atoms with Crippen molar-refractivity contribution in [3.05, 3.63) is 69.4 Å². The Morgan fingerprint density at radius 3 is 2.86 bits per heavy atom. The van der Waals surface area contributed by atoms with Gasteiger partial charge >= 0.3 is 0 Å². The molecule has 4 rings (SSSR count). The predicted molar refractivity (Wildman–Crippen MR) is 109 cm³/mol. The largest absolute Gasteiger partial charge is 0.438 e. The van der Waals surface area contributed by atoms with E-state index in [2.05, 4.69) is 10.3 Å². The molecule has 0 bridgehead atoms. The smallest absolute Gasteiger partial charge is 0.256 e. The maximum atomic E-state index is 13.6. The third-order valence-electron chi connectivity index (χ3n) is 4.60. The summed E-state index contributed by atoms with van der Waals surface area (Å²) in [6, 6.07) is 10.5. The number of hydrogen-bond acceptors (Lipinski definition) is 4. The quantitative estimate of drug-likeness (QED) is 0.626. The summed E-state index contributed by atoms with van der Waals surface area (Å²) in [5.74, 6) is -0.873. The highest BCUT2D eigenvalue weighted by atomic mass is 35.5. The van der Waals surface area contributed by atoms with E-state index in [-0.39, 0.29) is 33.8 Å². The van der Waals surface area contributed by atoms with Crippen LogP contribution in [0.1, 0.15) is 23.2 Å². The fourth-order valence-corrected chi connectivity index (χ4v) is 3.48. The van der Waals surface area contributed by atoms with E-state index in [0.717, 1.165) is 12.8 Å². The highest BCUT2D eigenvalue weighted by Crippen LogP contribution is 2.25. The van der Waals surface area contributed by atoms with Crippen molar-refractivity contribution in [3.63, 3.8) is 0 Å². The van der Waals surface area contributed by atoms with Crippen molar-refractivity contribution in [1.29, 1.82) is 0 Å². The average Bonchev–Trinajstić information content (AvgIpc) is 3.22. The first kappa shape index (κ1) is 19.9. The van der Waals surface area contributed by atoms with Crippen LogP contribution in [0, 0.1) is 5.82 Å². The molecule has 5 nitrogen and oxygen atoms in total. The summed E-state index contributed by atoms with van der Waals surface area (Å²) in [6.45, 7) is 1.08. The lowest BCUT2D eigenvalue weighted by Gasteiger charge is -2.11. The minimum atomic E-state index is -0.495. The van der Waals surface area contributed by atoms with Gasteiger partial charge < -0.3 is 14.5 Å². The van der Waals surface area contributed by atoms with Crippen molar-refractivity contribution < 1.29 is 18.3 Å². The first-order valence-electron chi connectivity index (χ1n) is 9.12. The number of hydrogen-bond donors (Lipinski definition) is 1. The Morgan fingerprint density at radius 1 is 1.21 bits per heavy atom. The second-order valence-electron chi connectivity index (χ2n) is 6.70. The monoisotopic (exact) mass is 434 g/mol. The molecule has 0 spiro atoms. The Balaban J connectivity index is 1.79.